The number of aromatic nitrogens is 2. The quantitative estimate of drug-likeness (QED) is 0.325. The summed E-state index contributed by atoms with van der Waals surface area (Å²) in [6.07, 6.45) is 7.89. The molecule has 4 atom stereocenters. The standard InChI is InChI=1S/C27H27BrN4O2/c28-17-9-7-16(8-10-17)27(25(29)34)21-12-11-18(26(21)13-14-26)23(27)24(33)30-15-3-6-22-31-19-4-1-2-5-20(19)32-22/h1-2,4-5,7-12,18,21,23H,3,6,13-15H2,(H2,29,34)(H,30,33)(H,31,32)/t18-,21+,23+,27-/m1/s1. The Labute approximate surface area is 206 Å². The normalized spacial score (nSPS) is 28.0. The molecular weight excluding hydrogens is 492 g/mol. The van der Waals surface area contributed by atoms with Gasteiger partial charge in [-0.05, 0) is 60.4 Å². The van der Waals surface area contributed by atoms with Crippen molar-refractivity contribution < 1.29 is 9.59 Å². The molecule has 2 bridgehead atoms. The molecule has 34 heavy (non-hydrogen) atoms. The molecule has 1 aromatic heterocycles. The number of benzene rings is 2. The van der Waals surface area contributed by atoms with E-state index in [4.69, 9.17) is 5.73 Å². The number of carbonyl (C=O) groups excluding carboxylic acids is 2. The number of nitrogens with zero attached hydrogens (tertiary/aromatic N) is 1. The van der Waals surface area contributed by atoms with Crippen LogP contribution < -0.4 is 11.1 Å². The molecule has 6 nitrogen and oxygen atoms in total. The number of halogens is 1. The largest absolute Gasteiger partial charge is 0.369 e. The molecule has 2 amide bonds. The van der Waals surface area contributed by atoms with Gasteiger partial charge in [-0.25, -0.2) is 4.98 Å². The Morgan fingerprint density at radius 2 is 1.88 bits per heavy atom. The average Bonchev–Trinajstić information content (AvgIpc) is 3.31. The molecular formula is C27H27BrN4O2. The van der Waals surface area contributed by atoms with Crippen molar-refractivity contribution in [3.05, 3.63) is 76.5 Å². The van der Waals surface area contributed by atoms with Gasteiger partial charge in [0, 0.05) is 23.4 Å². The smallest absolute Gasteiger partial charge is 0.229 e. The number of fused-ring (bicyclic) bond motifs is 1. The molecule has 1 heterocycles. The third-order valence-electron chi connectivity index (χ3n) is 8.30. The van der Waals surface area contributed by atoms with Crippen molar-refractivity contribution in [1.82, 2.24) is 15.3 Å². The molecule has 3 aromatic rings. The van der Waals surface area contributed by atoms with Crippen molar-refractivity contribution in [2.75, 3.05) is 6.54 Å². The minimum absolute atomic E-state index is 0.00160. The van der Waals surface area contributed by atoms with Gasteiger partial charge in [-0.1, -0.05) is 52.3 Å². The Morgan fingerprint density at radius 3 is 2.59 bits per heavy atom. The Balaban J connectivity index is 1.23. The minimum Gasteiger partial charge on any atom is -0.369 e. The molecule has 2 aromatic carbocycles. The van der Waals surface area contributed by atoms with Gasteiger partial charge in [-0.15, -0.1) is 0 Å². The van der Waals surface area contributed by atoms with Crippen molar-refractivity contribution in [3.63, 3.8) is 0 Å². The molecule has 0 unspecified atom stereocenters. The number of aromatic amines is 1. The lowest BCUT2D eigenvalue weighted by atomic mass is 9.63. The number of hydrogen-bond acceptors (Lipinski definition) is 3. The number of rotatable bonds is 7. The molecule has 3 aliphatic rings. The fourth-order valence-corrected chi connectivity index (χ4v) is 7.00. The maximum atomic E-state index is 13.7. The number of nitrogens with two attached hydrogens (primary N) is 1. The van der Waals surface area contributed by atoms with Crippen LogP contribution >= 0.6 is 15.9 Å². The number of aryl methyl sites for hydroxylation is 1. The number of imidazole rings is 1. The summed E-state index contributed by atoms with van der Waals surface area (Å²) in [5.41, 5.74) is 7.95. The van der Waals surface area contributed by atoms with Gasteiger partial charge in [0.2, 0.25) is 11.8 Å². The lowest BCUT2D eigenvalue weighted by Gasteiger charge is -2.39. The van der Waals surface area contributed by atoms with E-state index >= 15 is 0 Å². The van der Waals surface area contributed by atoms with Crippen molar-refractivity contribution >= 4 is 38.8 Å². The highest BCUT2D eigenvalue weighted by atomic mass is 79.9. The van der Waals surface area contributed by atoms with Crippen molar-refractivity contribution in [1.29, 1.82) is 0 Å². The molecule has 2 saturated carbocycles. The van der Waals surface area contributed by atoms with E-state index in [0.29, 0.717) is 6.54 Å². The van der Waals surface area contributed by atoms with Crippen LogP contribution in [0.1, 0.15) is 30.7 Å². The number of primary amides is 1. The summed E-state index contributed by atoms with van der Waals surface area (Å²) in [6, 6.07) is 15.7. The number of nitrogens with one attached hydrogen (secondary N) is 2. The van der Waals surface area contributed by atoms with Crippen molar-refractivity contribution in [3.8, 4) is 0 Å². The van der Waals surface area contributed by atoms with Gasteiger partial charge in [0.1, 0.15) is 5.82 Å². The van der Waals surface area contributed by atoms with Gasteiger partial charge in [0.25, 0.3) is 0 Å². The first-order valence-corrected chi connectivity index (χ1v) is 12.7. The number of allylic oxidation sites excluding steroid dienone is 2. The zero-order chi connectivity index (χ0) is 23.5. The summed E-state index contributed by atoms with van der Waals surface area (Å²) >= 11 is 3.48. The molecule has 3 aliphatic carbocycles. The maximum Gasteiger partial charge on any atom is 0.229 e. The Bertz CT molecular complexity index is 1280. The summed E-state index contributed by atoms with van der Waals surface area (Å²) in [4.78, 5) is 34.8. The second-order valence-electron chi connectivity index (χ2n) is 9.93. The third-order valence-corrected chi connectivity index (χ3v) is 8.83. The van der Waals surface area contributed by atoms with Gasteiger partial charge in [-0.3, -0.25) is 9.59 Å². The van der Waals surface area contributed by atoms with Crippen molar-refractivity contribution in [2.24, 2.45) is 28.9 Å². The molecule has 0 radical (unpaired) electrons. The van der Waals surface area contributed by atoms with Gasteiger partial charge in [-0.2, -0.15) is 0 Å². The summed E-state index contributed by atoms with van der Waals surface area (Å²) < 4.78 is 0.933. The fraction of sp³-hybridized carbons (Fsp3) is 0.370. The highest BCUT2D eigenvalue weighted by molar-refractivity contribution is 9.10. The van der Waals surface area contributed by atoms with Gasteiger partial charge in [0.15, 0.2) is 0 Å². The van der Waals surface area contributed by atoms with Gasteiger partial charge >= 0.3 is 0 Å². The number of para-hydroxylation sites is 2. The average molecular weight is 519 g/mol. The predicted molar refractivity (Wildman–Crippen MR) is 134 cm³/mol. The van der Waals surface area contributed by atoms with E-state index in [9.17, 15) is 9.59 Å². The molecule has 1 spiro atoms. The van der Waals surface area contributed by atoms with Crippen LogP contribution in [0.3, 0.4) is 0 Å². The second kappa shape index (κ2) is 7.80. The van der Waals surface area contributed by atoms with E-state index in [2.05, 4.69) is 43.4 Å². The number of carbonyl (C=O) groups is 2. The van der Waals surface area contributed by atoms with Gasteiger partial charge in [0.05, 0.1) is 22.4 Å². The zero-order valence-corrected chi connectivity index (χ0v) is 20.3. The first kappa shape index (κ1) is 21.6. The molecule has 2 fully saturated rings. The summed E-state index contributed by atoms with van der Waals surface area (Å²) in [7, 11) is 0. The predicted octanol–water partition coefficient (Wildman–Crippen LogP) is 4.01. The topological polar surface area (TPSA) is 101 Å². The molecule has 174 valence electrons. The van der Waals surface area contributed by atoms with Crippen LogP contribution in [0.4, 0.5) is 0 Å². The van der Waals surface area contributed by atoms with E-state index in [1.165, 1.54) is 0 Å². The van der Waals surface area contributed by atoms with E-state index in [0.717, 1.165) is 52.6 Å². The van der Waals surface area contributed by atoms with Gasteiger partial charge < -0.3 is 16.0 Å². The van der Waals surface area contributed by atoms with E-state index in [-0.39, 0.29) is 23.2 Å². The number of H-pyrrole nitrogens is 1. The van der Waals surface area contributed by atoms with Crippen LogP contribution in [0.15, 0.2) is 65.2 Å². The van der Waals surface area contributed by atoms with E-state index in [1.54, 1.807) is 0 Å². The van der Waals surface area contributed by atoms with Crippen LogP contribution in [-0.2, 0) is 21.4 Å². The maximum absolute atomic E-state index is 13.7. The summed E-state index contributed by atoms with van der Waals surface area (Å²) in [5, 5.41) is 3.14. The third kappa shape index (κ3) is 3.02. The lowest BCUT2D eigenvalue weighted by molar-refractivity contribution is -0.136. The fourth-order valence-electron chi connectivity index (χ4n) is 6.74. The molecule has 0 aliphatic heterocycles. The monoisotopic (exact) mass is 518 g/mol. The van der Waals surface area contributed by atoms with Crippen molar-refractivity contribution in [2.45, 2.75) is 31.1 Å². The lowest BCUT2D eigenvalue weighted by Crippen LogP contribution is -2.55. The van der Waals surface area contributed by atoms with Crippen LogP contribution in [-0.4, -0.2) is 28.3 Å². The van der Waals surface area contributed by atoms with E-state index in [1.807, 2.05) is 48.5 Å². The first-order valence-electron chi connectivity index (χ1n) is 11.9. The number of amides is 2. The minimum atomic E-state index is -1.01. The van der Waals surface area contributed by atoms with Crippen LogP contribution in [0.25, 0.3) is 11.0 Å². The highest BCUT2D eigenvalue weighted by Crippen LogP contribution is 2.75. The Kier molecular flexibility index (Phi) is 4.96. The molecule has 4 N–H and O–H groups in total. The molecule has 6 rings (SSSR count). The highest BCUT2D eigenvalue weighted by Gasteiger charge is 2.76. The number of hydrogen-bond donors (Lipinski definition) is 3. The summed E-state index contributed by atoms with van der Waals surface area (Å²) in [6.45, 7) is 0.523. The van der Waals surface area contributed by atoms with Crippen LogP contribution in [0.5, 0.6) is 0 Å². The first-order chi connectivity index (χ1) is 16.5. The van der Waals surface area contributed by atoms with Crippen LogP contribution in [0.2, 0.25) is 0 Å². The van der Waals surface area contributed by atoms with Crippen LogP contribution in [0, 0.1) is 23.2 Å². The summed E-state index contributed by atoms with van der Waals surface area (Å²) in [5.74, 6) is -0.0414. The Morgan fingerprint density at radius 1 is 1.12 bits per heavy atom. The molecule has 7 heteroatoms. The second-order valence-corrected chi connectivity index (χ2v) is 10.9. The van der Waals surface area contributed by atoms with E-state index < -0.39 is 17.2 Å². The Hall–Kier alpha value is -2.93. The molecule has 0 saturated heterocycles. The SMILES string of the molecule is NC(=O)[C@@]1(c2ccc(Br)cc2)[C@H](C(=O)NCCCc2nc3ccccc3[nH]2)[C@H]2C=C[C@H]1C21CC1. The zero-order valence-electron chi connectivity index (χ0n) is 18.8.